The van der Waals surface area contributed by atoms with Gasteiger partial charge in [-0.05, 0) is 25.5 Å². The average Bonchev–Trinajstić information content (AvgIpc) is 2.06. The maximum atomic E-state index is 8.56. The zero-order chi connectivity index (χ0) is 9.56. The first-order valence-electron chi connectivity index (χ1n) is 3.61. The molecule has 0 spiro atoms. The number of nitriles is 1. The van der Waals surface area contributed by atoms with Crippen molar-refractivity contribution < 1.29 is 0 Å². The highest BCUT2D eigenvalue weighted by Crippen LogP contribution is 2.04. The summed E-state index contributed by atoms with van der Waals surface area (Å²) in [7, 11) is 0. The maximum Gasteiger partial charge on any atom is 0.0991 e. The molecule has 0 aromatic carbocycles. The lowest BCUT2D eigenvalue weighted by atomic mass is 10.1. The number of hydrogen-bond donors (Lipinski definition) is 1. The first-order valence-corrected chi connectivity index (χ1v) is 3.61. The summed E-state index contributed by atoms with van der Waals surface area (Å²) >= 11 is 0. The molecule has 0 rings (SSSR count). The lowest BCUT2D eigenvalue weighted by molar-refractivity contribution is 1.44. The molecule has 2 heteroatoms. The fraction of sp³-hybridized carbons (Fsp3) is 0.200. The van der Waals surface area contributed by atoms with Crippen molar-refractivity contribution in [2.75, 3.05) is 0 Å². The third-order valence-corrected chi connectivity index (χ3v) is 1.40. The Bertz CT molecular complexity index is 287. The van der Waals surface area contributed by atoms with Crippen molar-refractivity contribution >= 4 is 5.71 Å². The van der Waals surface area contributed by atoms with Crippen LogP contribution in [0.15, 0.2) is 36.0 Å². The molecule has 1 N–H and O–H groups in total. The van der Waals surface area contributed by atoms with Crippen LogP contribution in [0.2, 0.25) is 0 Å². The van der Waals surface area contributed by atoms with Crippen LogP contribution >= 0.6 is 0 Å². The predicted octanol–water partition coefficient (Wildman–Crippen LogP) is 2.61. The highest BCUT2D eigenvalue weighted by atomic mass is 14.4. The minimum absolute atomic E-state index is 0.451. The molecule has 0 saturated heterocycles. The number of nitrogens with zero attached hydrogens (tertiary/aromatic N) is 1. The summed E-state index contributed by atoms with van der Waals surface area (Å²) in [6.07, 6.45) is 4.92. The van der Waals surface area contributed by atoms with E-state index in [-0.39, 0.29) is 0 Å². The van der Waals surface area contributed by atoms with Gasteiger partial charge >= 0.3 is 0 Å². The molecule has 62 valence electrons. The van der Waals surface area contributed by atoms with Gasteiger partial charge in [-0.3, -0.25) is 0 Å². The van der Waals surface area contributed by atoms with Crippen molar-refractivity contribution in [1.29, 1.82) is 10.7 Å². The number of hydrogen-bond acceptors (Lipinski definition) is 2. The molecule has 0 radical (unpaired) electrons. The van der Waals surface area contributed by atoms with Crippen LogP contribution in [0.1, 0.15) is 13.8 Å². The summed E-state index contributed by atoms with van der Waals surface area (Å²) in [4.78, 5) is 0. The molecule has 0 aliphatic rings. The molecule has 0 aromatic heterocycles. The Balaban J connectivity index is 4.84. The molecular weight excluding hydrogens is 148 g/mol. The van der Waals surface area contributed by atoms with E-state index in [1.807, 2.05) is 13.0 Å². The van der Waals surface area contributed by atoms with E-state index >= 15 is 0 Å². The minimum atomic E-state index is 0.451. The van der Waals surface area contributed by atoms with Gasteiger partial charge in [0.2, 0.25) is 0 Å². The zero-order valence-electron chi connectivity index (χ0n) is 7.39. The van der Waals surface area contributed by atoms with E-state index in [1.165, 1.54) is 6.08 Å². The molecule has 0 bridgehead atoms. The van der Waals surface area contributed by atoms with Crippen molar-refractivity contribution in [2.45, 2.75) is 13.8 Å². The molecule has 0 fully saturated rings. The smallest absolute Gasteiger partial charge is 0.0991 e. The Morgan fingerprint density at radius 3 is 2.42 bits per heavy atom. The second-order valence-corrected chi connectivity index (χ2v) is 2.28. The number of allylic oxidation sites excluding steroid dienone is 5. The highest BCUT2D eigenvalue weighted by molar-refractivity contribution is 5.98. The normalized spacial score (nSPS) is 12.1. The molecule has 12 heavy (non-hydrogen) atoms. The number of nitrogens with one attached hydrogen (secondary N) is 1. The van der Waals surface area contributed by atoms with Gasteiger partial charge in [0, 0.05) is 5.71 Å². The predicted molar refractivity (Wildman–Crippen MR) is 51.1 cm³/mol. The minimum Gasteiger partial charge on any atom is -0.305 e. The average molecular weight is 160 g/mol. The van der Waals surface area contributed by atoms with Gasteiger partial charge in [-0.15, -0.1) is 0 Å². The van der Waals surface area contributed by atoms with Gasteiger partial charge in [0.1, 0.15) is 0 Å². The van der Waals surface area contributed by atoms with Crippen LogP contribution in [0, 0.1) is 16.7 Å². The summed E-state index contributed by atoms with van der Waals surface area (Å²) in [6.45, 7) is 7.01. The van der Waals surface area contributed by atoms with E-state index in [0.29, 0.717) is 11.3 Å². The molecule has 0 aliphatic carbocycles. The highest BCUT2D eigenvalue weighted by Gasteiger charge is 1.95. The lowest BCUT2D eigenvalue weighted by Gasteiger charge is -1.96. The van der Waals surface area contributed by atoms with Gasteiger partial charge in [-0.2, -0.15) is 5.26 Å². The van der Waals surface area contributed by atoms with Crippen LogP contribution < -0.4 is 0 Å². The Morgan fingerprint density at radius 2 is 2.17 bits per heavy atom. The Kier molecular flexibility index (Phi) is 4.40. The molecular formula is C10H12N2. The van der Waals surface area contributed by atoms with Crippen LogP contribution in [0.4, 0.5) is 0 Å². The summed E-state index contributed by atoms with van der Waals surface area (Å²) in [5, 5.41) is 15.9. The van der Waals surface area contributed by atoms with Gasteiger partial charge in [0.05, 0.1) is 11.6 Å². The first-order chi connectivity index (χ1) is 5.65. The topological polar surface area (TPSA) is 47.6 Å². The molecule has 0 atom stereocenters. The lowest BCUT2D eigenvalue weighted by Crippen LogP contribution is -1.91. The molecule has 0 unspecified atom stereocenters. The van der Waals surface area contributed by atoms with Crippen molar-refractivity contribution in [2.24, 2.45) is 0 Å². The van der Waals surface area contributed by atoms with Crippen LogP contribution in [0.3, 0.4) is 0 Å². The Labute approximate surface area is 73.0 Å². The van der Waals surface area contributed by atoms with Crippen LogP contribution in [-0.4, -0.2) is 5.71 Å². The Morgan fingerprint density at radius 1 is 1.58 bits per heavy atom. The van der Waals surface area contributed by atoms with E-state index in [4.69, 9.17) is 10.7 Å². The second-order valence-electron chi connectivity index (χ2n) is 2.28. The fourth-order valence-electron chi connectivity index (χ4n) is 0.712. The van der Waals surface area contributed by atoms with Crippen LogP contribution in [0.25, 0.3) is 0 Å². The monoisotopic (exact) mass is 160 g/mol. The van der Waals surface area contributed by atoms with E-state index < -0.39 is 0 Å². The summed E-state index contributed by atoms with van der Waals surface area (Å²) in [6, 6.07) is 1.98. The van der Waals surface area contributed by atoms with E-state index in [9.17, 15) is 0 Å². The summed E-state index contributed by atoms with van der Waals surface area (Å²) in [5.41, 5.74) is 1.69. The van der Waals surface area contributed by atoms with Gasteiger partial charge < -0.3 is 5.41 Å². The van der Waals surface area contributed by atoms with Crippen molar-refractivity contribution in [1.82, 2.24) is 0 Å². The van der Waals surface area contributed by atoms with E-state index in [1.54, 1.807) is 19.1 Å². The third-order valence-electron chi connectivity index (χ3n) is 1.40. The fourth-order valence-corrected chi connectivity index (χ4v) is 0.712. The quantitative estimate of drug-likeness (QED) is 0.385. The standard InChI is InChI=1S/C10H12N2/c1-4-9(7-11)6-10(5-2)8(3)12/h4-6,12H,1H2,2-3H3. The third kappa shape index (κ3) is 2.98. The van der Waals surface area contributed by atoms with Crippen molar-refractivity contribution in [3.8, 4) is 6.07 Å². The summed E-state index contributed by atoms with van der Waals surface area (Å²) in [5.74, 6) is 0. The number of rotatable bonds is 3. The van der Waals surface area contributed by atoms with Gasteiger partial charge in [-0.25, -0.2) is 0 Å². The van der Waals surface area contributed by atoms with Gasteiger partial charge in [0.25, 0.3) is 0 Å². The molecule has 0 amide bonds. The molecule has 0 heterocycles. The van der Waals surface area contributed by atoms with E-state index in [2.05, 4.69) is 6.58 Å². The zero-order valence-corrected chi connectivity index (χ0v) is 7.39. The second kappa shape index (κ2) is 5.09. The molecule has 2 nitrogen and oxygen atoms in total. The maximum absolute atomic E-state index is 8.56. The largest absolute Gasteiger partial charge is 0.305 e. The SMILES string of the molecule is C=CC(C#N)=CC(=CC)C(C)=N. The Hall–Kier alpha value is -1.62. The molecule has 0 saturated carbocycles. The first kappa shape index (κ1) is 10.4. The van der Waals surface area contributed by atoms with Crippen LogP contribution in [0.5, 0.6) is 0 Å². The van der Waals surface area contributed by atoms with Gasteiger partial charge in [-0.1, -0.05) is 18.7 Å². The molecule has 0 aliphatic heterocycles. The van der Waals surface area contributed by atoms with Crippen molar-refractivity contribution in [3.05, 3.63) is 36.0 Å². The van der Waals surface area contributed by atoms with Crippen LogP contribution in [-0.2, 0) is 0 Å². The summed E-state index contributed by atoms with van der Waals surface area (Å²) < 4.78 is 0. The van der Waals surface area contributed by atoms with Gasteiger partial charge in [0.15, 0.2) is 0 Å². The van der Waals surface area contributed by atoms with Crippen molar-refractivity contribution in [3.63, 3.8) is 0 Å². The van der Waals surface area contributed by atoms with E-state index in [0.717, 1.165) is 5.57 Å². The molecule has 0 aromatic rings.